The zero-order valence-corrected chi connectivity index (χ0v) is 12.6. The van der Waals surface area contributed by atoms with Crippen LogP contribution in [0.1, 0.15) is 37.7 Å². The van der Waals surface area contributed by atoms with Crippen molar-refractivity contribution in [1.29, 1.82) is 0 Å². The molecule has 1 aromatic rings. The molecule has 0 amide bonds. The summed E-state index contributed by atoms with van der Waals surface area (Å²) in [5.41, 5.74) is 2.06. The molecule has 110 valence electrons. The van der Waals surface area contributed by atoms with Gasteiger partial charge in [0, 0.05) is 7.11 Å². The maximum atomic E-state index is 5.56. The van der Waals surface area contributed by atoms with Crippen LogP contribution in [0.25, 0.3) is 0 Å². The van der Waals surface area contributed by atoms with E-state index in [9.17, 15) is 0 Å². The van der Waals surface area contributed by atoms with Crippen LogP contribution >= 0.6 is 0 Å². The quantitative estimate of drug-likeness (QED) is 0.911. The Kier molecular flexibility index (Phi) is 4.42. The summed E-state index contributed by atoms with van der Waals surface area (Å²) in [4.78, 5) is 0. The van der Waals surface area contributed by atoms with E-state index in [0.29, 0.717) is 11.5 Å². The Morgan fingerprint density at radius 1 is 1.15 bits per heavy atom. The minimum absolute atomic E-state index is 0.507. The van der Waals surface area contributed by atoms with Gasteiger partial charge in [0.25, 0.3) is 0 Å². The van der Waals surface area contributed by atoms with Crippen LogP contribution in [0.4, 0.5) is 0 Å². The fourth-order valence-corrected chi connectivity index (χ4v) is 4.28. The molecule has 20 heavy (non-hydrogen) atoms. The zero-order valence-electron chi connectivity index (χ0n) is 12.6. The highest BCUT2D eigenvalue weighted by Gasteiger charge is 2.42. The molecule has 2 heteroatoms. The van der Waals surface area contributed by atoms with Crippen LogP contribution < -0.4 is 5.32 Å². The van der Waals surface area contributed by atoms with Crippen molar-refractivity contribution in [2.45, 2.75) is 44.6 Å². The van der Waals surface area contributed by atoms with E-state index in [1.54, 1.807) is 0 Å². The van der Waals surface area contributed by atoms with Gasteiger partial charge >= 0.3 is 0 Å². The third-order valence-corrected chi connectivity index (χ3v) is 5.64. The molecule has 1 unspecified atom stereocenters. The van der Waals surface area contributed by atoms with E-state index >= 15 is 0 Å². The van der Waals surface area contributed by atoms with Gasteiger partial charge in [-0.25, -0.2) is 0 Å². The van der Waals surface area contributed by atoms with Gasteiger partial charge in [0.05, 0.1) is 6.10 Å². The number of rotatable bonds is 3. The summed E-state index contributed by atoms with van der Waals surface area (Å²) < 4.78 is 5.56. The molecule has 1 saturated heterocycles. The first-order valence-corrected chi connectivity index (χ1v) is 8.10. The smallest absolute Gasteiger partial charge is 0.0571 e. The highest BCUT2D eigenvalue weighted by Crippen LogP contribution is 2.48. The maximum Gasteiger partial charge on any atom is 0.0571 e. The zero-order chi connectivity index (χ0) is 13.8. The normalized spacial score (nSPS) is 34.2. The topological polar surface area (TPSA) is 21.3 Å². The molecule has 1 atom stereocenters. The predicted octanol–water partition coefficient (Wildman–Crippen LogP) is 3.41. The van der Waals surface area contributed by atoms with Crippen LogP contribution in [0.2, 0.25) is 0 Å². The molecular weight excluding hydrogens is 246 g/mol. The van der Waals surface area contributed by atoms with Gasteiger partial charge in [-0.3, -0.25) is 0 Å². The van der Waals surface area contributed by atoms with Crippen molar-refractivity contribution in [1.82, 2.24) is 5.32 Å². The number of piperidine rings is 1. The molecule has 0 aromatic heterocycles. The Bertz CT molecular complexity index is 409. The molecule has 0 radical (unpaired) electrons. The van der Waals surface area contributed by atoms with Crippen molar-refractivity contribution in [3.05, 3.63) is 35.9 Å². The summed E-state index contributed by atoms with van der Waals surface area (Å²) in [6.07, 6.45) is 8.29. The minimum atomic E-state index is 0.507. The predicted molar refractivity (Wildman–Crippen MR) is 82.8 cm³/mol. The number of benzene rings is 1. The second-order valence-corrected chi connectivity index (χ2v) is 6.64. The number of ether oxygens (including phenoxy) is 1. The van der Waals surface area contributed by atoms with Crippen molar-refractivity contribution in [2.24, 2.45) is 11.3 Å². The highest BCUT2D eigenvalue weighted by atomic mass is 16.5. The van der Waals surface area contributed by atoms with Crippen LogP contribution in [0.5, 0.6) is 0 Å². The molecule has 2 aliphatic rings. The molecule has 1 heterocycles. The van der Waals surface area contributed by atoms with E-state index in [1.165, 1.54) is 57.2 Å². The lowest BCUT2D eigenvalue weighted by molar-refractivity contribution is -0.0137. The van der Waals surface area contributed by atoms with Crippen LogP contribution in [0, 0.1) is 11.3 Å². The standard InChI is InChI=1S/C18H27NO/c1-20-17-7-9-18(10-8-17)11-12-19-14-16(18)13-15-5-3-2-4-6-15/h2-6,16-17,19H,7-14H2,1H3. The average Bonchev–Trinajstić information content (AvgIpc) is 2.52. The van der Waals surface area contributed by atoms with Gasteiger partial charge < -0.3 is 10.1 Å². The largest absolute Gasteiger partial charge is 0.381 e. The lowest BCUT2D eigenvalue weighted by atomic mass is 9.60. The molecule has 1 aromatic carbocycles. The van der Waals surface area contributed by atoms with Crippen LogP contribution in [-0.2, 0) is 11.2 Å². The summed E-state index contributed by atoms with van der Waals surface area (Å²) in [5.74, 6) is 0.788. The summed E-state index contributed by atoms with van der Waals surface area (Å²) in [6, 6.07) is 11.0. The summed E-state index contributed by atoms with van der Waals surface area (Å²) >= 11 is 0. The monoisotopic (exact) mass is 273 g/mol. The van der Waals surface area contributed by atoms with Crippen molar-refractivity contribution < 1.29 is 4.74 Å². The molecule has 2 fully saturated rings. The lowest BCUT2D eigenvalue weighted by Crippen LogP contribution is -2.48. The van der Waals surface area contributed by atoms with Crippen LogP contribution in [0.3, 0.4) is 0 Å². The van der Waals surface area contributed by atoms with Gasteiger partial charge in [0.15, 0.2) is 0 Å². The van der Waals surface area contributed by atoms with Crippen LogP contribution in [-0.4, -0.2) is 26.3 Å². The van der Waals surface area contributed by atoms with Crippen molar-refractivity contribution in [3.63, 3.8) is 0 Å². The number of nitrogens with one attached hydrogen (secondary N) is 1. The Balaban J connectivity index is 1.71. The van der Waals surface area contributed by atoms with E-state index in [-0.39, 0.29) is 0 Å². The summed E-state index contributed by atoms with van der Waals surface area (Å²) in [6.45, 7) is 2.38. The van der Waals surface area contributed by atoms with Crippen molar-refractivity contribution >= 4 is 0 Å². The molecule has 1 spiro atoms. The number of methoxy groups -OCH3 is 1. The third kappa shape index (κ3) is 2.91. The fourth-order valence-electron chi connectivity index (χ4n) is 4.28. The van der Waals surface area contributed by atoms with E-state index in [4.69, 9.17) is 4.74 Å². The molecule has 1 aliphatic heterocycles. The van der Waals surface area contributed by atoms with E-state index in [0.717, 1.165) is 5.92 Å². The van der Waals surface area contributed by atoms with Gasteiger partial charge in [-0.1, -0.05) is 30.3 Å². The highest BCUT2D eigenvalue weighted by molar-refractivity contribution is 5.16. The van der Waals surface area contributed by atoms with E-state index in [2.05, 4.69) is 35.6 Å². The van der Waals surface area contributed by atoms with Gasteiger partial charge in [-0.05, 0) is 68.5 Å². The Morgan fingerprint density at radius 2 is 1.90 bits per heavy atom. The SMILES string of the molecule is COC1CCC2(CCNCC2Cc2ccccc2)CC1. The van der Waals surface area contributed by atoms with Crippen LogP contribution in [0.15, 0.2) is 30.3 Å². The molecule has 3 rings (SSSR count). The van der Waals surface area contributed by atoms with E-state index < -0.39 is 0 Å². The lowest BCUT2D eigenvalue weighted by Gasteiger charge is -2.48. The molecule has 1 N–H and O–H groups in total. The molecule has 0 bridgehead atoms. The first kappa shape index (κ1) is 14.1. The van der Waals surface area contributed by atoms with E-state index in [1.807, 2.05) is 7.11 Å². The van der Waals surface area contributed by atoms with Crippen molar-refractivity contribution in [3.8, 4) is 0 Å². The van der Waals surface area contributed by atoms with Gasteiger partial charge in [0.2, 0.25) is 0 Å². The molecule has 1 aliphatic carbocycles. The Morgan fingerprint density at radius 3 is 2.60 bits per heavy atom. The van der Waals surface area contributed by atoms with Crippen molar-refractivity contribution in [2.75, 3.05) is 20.2 Å². The maximum absolute atomic E-state index is 5.56. The number of hydrogen-bond donors (Lipinski definition) is 1. The van der Waals surface area contributed by atoms with Gasteiger partial charge in [0.1, 0.15) is 0 Å². The third-order valence-electron chi connectivity index (χ3n) is 5.64. The van der Waals surface area contributed by atoms with Gasteiger partial charge in [-0.2, -0.15) is 0 Å². The Hall–Kier alpha value is -0.860. The fraction of sp³-hybridized carbons (Fsp3) is 0.667. The number of hydrogen-bond acceptors (Lipinski definition) is 2. The average molecular weight is 273 g/mol. The molecule has 1 saturated carbocycles. The second kappa shape index (κ2) is 6.28. The first-order chi connectivity index (χ1) is 9.82. The first-order valence-electron chi connectivity index (χ1n) is 8.10. The summed E-state index contributed by atoms with van der Waals surface area (Å²) in [7, 11) is 1.87. The Labute approximate surface area is 122 Å². The molecular formula is C18H27NO. The molecule has 2 nitrogen and oxygen atoms in total. The minimum Gasteiger partial charge on any atom is -0.381 e. The van der Waals surface area contributed by atoms with Gasteiger partial charge in [-0.15, -0.1) is 0 Å². The summed E-state index contributed by atoms with van der Waals surface area (Å²) in [5, 5.41) is 3.62. The second-order valence-electron chi connectivity index (χ2n) is 6.64.